The van der Waals surface area contributed by atoms with E-state index in [4.69, 9.17) is 0 Å². The molecule has 0 amide bonds. The first-order valence-corrected chi connectivity index (χ1v) is 7.62. The van der Waals surface area contributed by atoms with Crippen molar-refractivity contribution in [1.82, 2.24) is 10.2 Å². The Bertz CT molecular complexity index is 233. The first-order chi connectivity index (χ1) is 8.52. The van der Waals surface area contributed by atoms with Crippen molar-refractivity contribution in [2.75, 3.05) is 26.2 Å². The Balaban J connectivity index is 2.42. The maximum Gasteiger partial charge on any atom is 0.0611 e. The molecule has 1 aliphatic rings. The maximum atomic E-state index is 9.58. The van der Waals surface area contributed by atoms with Crippen molar-refractivity contribution in [3.8, 4) is 0 Å². The molecular formula is C15H32N2O. The molecule has 0 aliphatic carbocycles. The average molecular weight is 256 g/mol. The van der Waals surface area contributed by atoms with Crippen LogP contribution in [-0.4, -0.2) is 47.8 Å². The number of nitrogens with one attached hydrogen (secondary N) is 1. The van der Waals surface area contributed by atoms with Crippen LogP contribution in [0.4, 0.5) is 0 Å². The molecule has 2 unspecified atom stereocenters. The van der Waals surface area contributed by atoms with Crippen molar-refractivity contribution < 1.29 is 5.11 Å². The minimum Gasteiger partial charge on any atom is -0.394 e. The lowest BCUT2D eigenvalue weighted by Gasteiger charge is -2.34. The van der Waals surface area contributed by atoms with Gasteiger partial charge in [-0.25, -0.2) is 0 Å². The summed E-state index contributed by atoms with van der Waals surface area (Å²) >= 11 is 0. The molecule has 1 rings (SSSR count). The molecule has 0 radical (unpaired) electrons. The maximum absolute atomic E-state index is 9.58. The fraction of sp³-hybridized carbons (Fsp3) is 1.00. The summed E-state index contributed by atoms with van der Waals surface area (Å²) in [5.74, 6) is 0.747. The Labute approximate surface area is 113 Å². The predicted octanol–water partition coefficient (Wildman–Crippen LogP) is 2.25. The van der Waals surface area contributed by atoms with Crippen LogP contribution in [0.25, 0.3) is 0 Å². The SMILES string of the molecule is CCCNC(C)(CO)CCN1CCCC1C(C)C. The highest BCUT2D eigenvalue weighted by Gasteiger charge is 2.29. The van der Waals surface area contributed by atoms with Gasteiger partial charge in [-0.2, -0.15) is 0 Å². The number of hydrogen-bond donors (Lipinski definition) is 2. The van der Waals surface area contributed by atoms with Crippen LogP contribution < -0.4 is 5.32 Å². The summed E-state index contributed by atoms with van der Waals surface area (Å²) in [7, 11) is 0. The van der Waals surface area contributed by atoms with Crippen molar-refractivity contribution in [3.05, 3.63) is 0 Å². The average Bonchev–Trinajstić information content (AvgIpc) is 2.82. The Morgan fingerprint density at radius 1 is 1.44 bits per heavy atom. The Morgan fingerprint density at radius 2 is 2.17 bits per heavy atom. The number of nitrogens with zero attached hydrogens (tertiary/aromatic N) is 1. The van der Waals surface area contributed by atoms with Crippen molar-refractivity contribution >= 4 is 0 Å². The molecule has 0 bridgehead atoms. The zero-order chi connectivity index (χ0) is 13.6. The normalized spacial score (nSPS) is 24.7. The van der Waals surface area contributed by atoms with Crippen LogP contribution in [0.3, 0.4) is 0 Å². The predicted molar refractivity (Wildman–Crippen MR) is 77.8 cm³/mol. The quantitative estimate of drug-likeness (QED) is 0.699. The number of hydrogen-bond acceptors (Lipinski definition) is 3. The molecule has 1 heterocycles. The van der Waals surface area contributed by atoms with E-state index in [1.165, 1.54) is 19.4 Å². The molecule has 18 heavy (non-hydrogen) atoms. The second-order valence-electron chi connectivity index (χ2n) is 6.39. The van der Waals surface area contributed by atoms with Crippen LogP contribution in [0.1, 0.15) is 53.4 Å². The lowest BCUT2D eigenvalue weighted by molar-refractivity contribution is 0.132. The van der Waals surface area contributed by atoms with E-state index in [0.29, 0.717) is 0 Å². The highest BCUT2D eigenvalue weighted by atomic mass is 16.3. The fourth-order valence-electron chi connectivity index (χ4n) is 2.93. The highest BCUT2D eigenvalue weighted by molar-refractivity contribution is 4.87. The number of aliphatic hydroxyl groups excluding tert-OH is 1. The molecular weight excluding hydrogens is 224 g/mol. The van der Waals surface area contributed by atoms with E-state index in [0.717, 1.165) is 37.9 Å². The smallest absolute Gasteiger partial charge is 0.0611 e. The van der Waals surface area contributed by atoms with Gasteiger partial charge in [-0.15, -0.1) is 0 Å². The molecule has 0 aromatic rings. The Kier molecular flexibility index (Phi) is 6.61. The van der Waals surface area contributed by atoms with Gasteiger partial charge in [-0.05, 0) is 51.6 Å². The topological polar surface area (TPSA) is 35.5 Å². The molecule has 0 spiro atoms. The van der Waals surface area contributed by atoms with Crippen LogP contribution in [0.2, 0.25) is 0 Å². The summed E-state index contributed by atoms with van der Waals surface area (Å²) in [6.07, 6.45) is 4.83. The van der Waals surface area contributed by atoms with Gasteiger partial charge in [0, 0.05) is 18.1 Å². The third-order valence-corrected chi connectivity index (χ3v) is 4.29. The van der Waals surface area contributed by atoms with Crippen molar-refractivity contribution in [3.63, 3.8) is 0 Å². The summed E-state index contributed by atoms with van der Waals surface area (Å²) in [6.45, 7) is 12.5. The van der Waals surface area contributed by atoms with Gasteiger partial charge in [-0.3, -0.25) is 0 Å². The van der Waals surface area contributed by atoms with Crippen LogP contribution in [0, 0.1) is 5.92 Å². The van der Waals surface area contributed by atoms with E-state index in [1.807, 2.05) is 0 Å². The van der Waals surface area contributed by atoms with Crippen molar-refractivity contribution in [1.29, 1.82) is 0 Å². The minimum atomic E-state index is -0.111. The van der Waals surface area contributed by atoms with Gasteiger partial charge in [0.05, 0.1) is 6.61 Å². The van der Waals surface area contributed by atoms with Crippen LogP contribution in [0.15, 0.2) is 0 Å². The van der Waals surface area contributed by atoms with Crippen LogP contribution in [-0.2, 0) is 0 Å². The largest absolute Gasteiger partial charge is 0.394 e. The zero-order valence-corrected chi connectivity index (χ0v) is 12.7. The summed E-state index contributed by atoms with van der Waals surface area (Å²) in [5, 5.41) is 13.1. The van der Waals surface area contributed by atoms with Crippen LogP contribution >= 0.6 is 0 Å². The molecule has 0 saturated carbocycles. The van der Waals surface area contributed by atoms with Crippen molar-refractivity contribution in [2.24, 2.45) is 5.92 Å². The zero-order valence-electron chi connectivity index (χ0n) is 12.7. The number of rotatable bonds is 8. The van der Waals surface area contributed by atoms with E-state index in [-0.39, 0.29) is 12.1 Å². The standard InChI is InChI=1S/C15H32N2O/c1-5-9-16-15(4,12-18)8-11-17-10-6-7-14(17)13(2)3/h13-14,16,18H,5-12H2,1-4H3. The van der Waals surface area contributed by atoms with Gasteiger partial charge in [0.1, 0.15) is 0 Å². The molecule has 3 nitrogen and oxygen atoms in total. The molecule has 1 saturated heterocycles. The minimum absolute atomic E-state index is 0.111. The summed E-state index contributed by atoms with van der Waals surface area (Å²) in [6, 6.07) is 0.749. The first kappa shape index (κ1) is 15.9. The molecule has 2 atom stereocenters. The van der Waals surface area contributed by atoms with Gasteiger partial charge in [0.2, 0.25) is 0 Å². The summed E-state index contributed by atoms with van der Waals surface area (Å²) in [4.78, 5) is 2.62. The lowest BCUT2D eigenvalue weighted by Crippen LogP contribution is -2.49. The fourth-order valence-corrected chi connectivity index (χ4v) is 2.93. The van der Waals surface area contributed by atoms with E-state index in [9.17, 15) is 5.11 Å². The van der Waals surface area contributed by atoms with Gasteiger partial charge < -0.3 is 15.3 Å². The van der Waals surface area contributed by atoms with E-state index < -0.39 is 0 Å². The molecule has 0 aromatic carbocycles. The Hall–Kier alpha value is -0.120. The molecule has 2 N–H and O–H groups in total. The van der Waals surface area contributed by atoms with Crippen molar-refractivity contribution in [2.45, 2.75) is 65.0 Å². The second-order valence-corrected chi connectivity index (χ2v) is 6.39. The number of aliphatic hydroxyl groups is 1. The van der Waals surface area contributed by atoms with E-state index >= 15 is 0 Å². The third-order valence-electron chi connectivity index (χ3n) is 4.29. The van der Waals surface area contributed by atoms with Gasteiger partial charge >= 0.3 is 0 Å². The second kappa shape index (κ2) is 7.46. The Morgan fingerprint density at radius 3 is 2.72 bits per heavy atom. The van der Waals surface area contributed by atoms with Gasteiger partial charge in [-0.1, -0.05) is 20.8 Å². The third kappa shape index (κ3) is 4.52. The first-order valence-electron chi connectivity index (χ1n) is 7.62. The van der Waals surface area contributed by atoms with Gasteiger partial charge in [0.15, 0.2) is 0 Å². The molecule has 1 fully saturated rings. The highest BCUT2D eigenvalue weighted by Crippen LogP contribution is 2.24. The van der Waals surface area contributed by atoms with E-state index in [2.05, 4.69) is 37.9 Å². The molecule has 0 aromatic heterocycles. The lowest BCUT2D eigenvalue weighted by atomic mass is 9.97. The molecule has 108 valence electrons. The summed E-state index contributed by atoms with van der Waals surface area (Å²) in [5.41, 5.74) is -0.111. The van der Waals surface area contributed by atoms with Gasteiger partial charge in [0.25, 0.3) is 0 Å². The number of likely N-dealkylation sites (tertiary alicyclic amines) is 1. The van der Waals surface area contributed by atoms with E-state index in [1.54, 1.807) is 0 Å². The molecule has 1 aliphatic heterocycles. The monoisotopic (exact) mass is 256 g/mol. The van der Waals surface area contributed by atoms with Crippen LogP contribution in [0.5, 0.6) is 0 Å². The molecule has 3 heteroatoms. The summed E-state index contributed by atoms with van der Waals surface area (Å²) < 4.78 is 0.